The largest absolute Gasteiger partial charge is 0.373 e. The van der Waals surface area contributed by atoms with E-state index < -0.39 is 0 Å². The molecule has 0 unspecified atom stereocenters. The van der Waals surface area contributed by atoms with Gasteiger partial charge in [-0.3, -0.25) is 4.98 Å². The summed E-state index contributed by atoms with van der Waals surface area (Å²) in [6.45, 7) is 6.20. The molecule has 94 valence electrons. The molecule has 2 heterocycles. The zero-order chi connectivity index (χ0) is 13.1. The van der Waals surface area contributed by atoms with Crippen molar-refractivity contribution in [2.24, 2.45) is 0 Å². The van der Waals surface area contributed by atoms with Gasteiger partial charge in [-0.15, -0.1) is 0 Å². The van der Waals surface area contributed by atoms with Crippen molar-refractivity contribution in [3.8, 4) is 11.4 Å². The predicted octanol–water partition coefficient (Wildman–Crippen LogP) is 2.76. The van der Waals surface area contributed by atoms with Crippen molar-refractivity contribution in [2.75, 3.05) is 12.4 Å². The molecular weight excluding hydrogens is 224 g/mol. The number of rotatable bonds is 3. The monoisotopic (exact) mass is 242 g/mol. The van der Waals surface area contributed by atoms with E-state index in [2.05, 4.69) is 27.2 Å². The molecule has 0 aliphatic heterocycles. The first-order valence-corrected chi connectivity index (χ1v) is 6.13. The third-order valence-electron chi connectivity index (χ3n) is 3.10. The van der Waals surface area contributed by atoms with E-state index in [4.69, 9.17) is 0 Å². The van der Waals surface area contributed by atoms with Crippen molar-refractivity contribution in [3.05, 3.63) is 35.3 Å². The lowest BCUT2D eigenvalue weighted by Crippen LogP contribution is -2.05. The average molecular weight is 242 g/mol. The number of aromatic nitrogens is 3. The molecule has 0 amide bonds. The molecule has 0 radical (unpaired) electrons. The molecule has 0 aliphatic rings. The molecule has 0 saturated heterocycles. The summed E-state index contributed by atoms with van der Waals surface area (Å²) in [4.78, 5) is 13.4. The fraction of sp³-hybridized carbons (Fsp3) is 0.357. The van der Waals surface area contributed by atoms with Crippen molar-refractivity contribution < 1.29 is 0 Å². The number of anilines is 1. The van der Waals surface area contributed by atoms with Crippen molar-refractivity contribution in [2.45, 2.75) is 27.2 Å². The molecule has 1 N–H and O–H groups in total. The lowest BCUT2D eigenvalue weighted by atomic mass is 10.1. The first-order valence-electron chi connectivity index (χ1n) is 6.13. The number of nitrogens with zero attached hydrogens (tertiary/aromatic N) is 3. The van der Waals surface area contributed by atoms with E-state index in [1.165, 1.54) is 0 Å². The van der Waals surface area contributed by atoms with Crippen LogP contribution in [-0.2, 0) is 6.42 Å². The van der Waals surface area contributed by atoms with Gasteiger partial charge in [0.05, 0.1) is 0 Å². The maximum Gasteiger partial charge on any atom is 0.163 e. The van der Waals surface area contributed by atoms with Gasteiger partial charge < -0.3 is 5.32 Å². The molecule has 0 spiro atoms. The van der Waals surface area contributed by atoms with Crippen molar-refractivity contribution in [3.63, 3.8) is 0 Å². The fourth-order valence-electron chi connectivity index (χ4n) is 1.97. The van der Waals surface area contributed by atoms with E-state index in [1.807, 2.05) is 33.2 Å². The van der Waals surface area contributed by atoms with Crippen LogP contribution >= 0.6 is 0 Å². The summed E-state index contributed by atoms with van der Waals surface area (Å²) in [5, 5.41) is 3.13. The van der Waals surface area contributed by atoms with Gasteiger partial charge in [0.25, 0.3) is 0 Å². The van der Waals surface area contributed by atoms with Crippen LogP contribution in [0.5, 0.6) is 0 Å². The van der Waals surface area contributed by atoms with E-state index >= 15 is 0 Å². The molecule has 4 nitrogen and oxygen atoms in total. The van der Waals surface area contributed by atoms with Gasteiger partial charge in [-0.1, -0.05) is 6.92 Å². The molecule has 0 aliphatic carbocycles. The lowest BCUT2D eigenvalue weighted by molar-refractivity contribution is 0.975. The van der Waals surface area contributed by atoms with Gasteiger partial charge in [-0.2, -0.15) is 0 Å². The summed E-state index contributed by atoms with van der Waals surface area (Å²) in [7, 11) is 1.88. The van der Waals surface area contributed by atoms with Crippen LogP contribution in [0.2, 0.25) is 0 Å². The Bertz CT molecular complexity index is 538. The van der Waals surface area contributed by atoms with E-state index in [1.54, 1.807) is 6.20 Å². The zero-order valence-corrected chi connectivity index (χ0v) is 11.3. The minimum atomic E-state index is 0.743. The van der Waals surface area contributed by atoms with Gasteiger partial charge in [0.2, 0.25) is 0 Å². The molecule has 0 bridgehead atoms. The van der Waals surface area contributed by atoms with E-state index in [-0.39, 0.29) is 0 Å². The molecule has 0 saturated carbocycles. The zero-order valence-electron chi connectivity index (χ0n) is 11.3. The van der Waals surface area contributed by atoms with Crippen LogP contribution in [0.3, 0.4) is 0 Å². The number of hydrogen-bond donors (Lipinski definition) is 1. The maximum atomic E-state index is 4.64. The third kappa shape index (κ3) is 2.18. The molecule has 0 aromatic carbocycles. The van der Waals surface area contributed by atoms with Crippen molar-refractivity contribution >= 4 is 5.82 Å². The molecule has 0 atom stereocenters. The fourth-order valence-corrected chi connectivity index (χ4v) is 1.97. The van der Waals surface area contributed by atoms with E-state index in [9.17, 15) is 0 Å². The molecular formula is C14H18N4. The number of nitrogens with one attached hydrogen (secondary N) is 1. The Labute approximate surface area is 108 Å². The summed E-state index contributed by atoms with van der Waals surface area (Å²) >= 11 is 0. The quantitative estimate of drug-likeness (QED) is 0.899. The summed E-state index contributed by atoms with van der Waals surface area (Å²) < 4.78 is 0. The van der Waals surface area contributed by atoms with Gasteiger partial charge in [-0.05, 0) is 31.9 Å². The van der Waals surface area contributed by atoms with Gasteiger partial charge in [-0.25, -0.2) is 9.97 Å². The van der Waals surface area contributed by atoms with Gasteiger partial charge >= 0.3 is 0 Å². The predicted molar refractivity (Wildman–Crippen MR) is 73.7 cm³/mol. The van der Waals surface area contributed by atoms with Crippen LogP contribution in [0.25, 0.3) is 11.4 Å². The molecule has 2 rings (SSSR count). The van der Waals surface area contributed by atoms with Crippen LogP contribution in [-0.4, -0.2) is 22.0 Å². The topological polar surface area (TPSA) is 50.7 Å². The summed E-state index contributed by atoms with van der Waals surface area (Å²) in [5.74, 6) is 1.63. The standard InChI is InChI=1S/C14H18N4/c1-5-12-10(3)13(15-4)18-14(17-12)11-8-16-7-6-9(11)2/h6-8H,5H2,1-4H3,(H,15,17,18). The van der Waals surface area contributed by atoms with Gasteiger partial charge in [0.15, 0.2) is 5.82 Å². The van der Waals surface area contributed by atoms with Crippen LogP contribution in [0.4, 0.5) is 5.82 Å². The highest BCUT2D eigenvalue weighted by atomic mass is 15.0. The molecule has 0 fully saturated rings. The Hall–Kier alpha value is -1.97. The second-order valence-corrected chi connectivity index (χ2v) is 4.26. The Morgan fingerprint density at radius 1 is 1.22 bits per heavy atom. The first kappa shape index (κ1) is 12.5. The van der Waals surface area contributed by atoms with Crippen LogP contribution in [0, 0.1) is 13.8 Å². The Kier molecular flexibility index (Phi) is 3.55. The average Bonchev–Trinajstić information content (AvgIpc) is 2.40. The summed E-state index contributed by atoms with van der Waals surface area (Å²) in [6.07, 6.45) is 4.50. The molecule has 2 aromatic rings. The second-order valence-electron chi connectivity index (χ2n) is 4.26. The lowest BCUT2D eigenvalue weighted by Gasteiger charge is -2.12. The highest BCUT2D eigenvalue weighted by Gasteiger charge is 2.11. The third-order valence-corrected chi connectivity index (χ3v) is 3.10. The smallest absolute Gasteiger partial charge is 0.163 e. The second kappa shape index (κ2) is 5.12. The number of aryl methyl sites for hydroxylation is 2. The number of hydrogen-bond acceptors (Lipinski definition) is 4. The first-order chi connectivity index (χ1) is 8.67. The van der Waals surface area contributed by atoms with Crippen molar-refractivity contribution in [1.29, 1.82) is 0 Å². The Balaban J connectivity index is 2.62. The highest BCUT2D eigenvalue weighted by molar-refractivity contribution is 5.62. The normalized spacial score (nSPS) is 10.4. The Morgan fingerprint density at radius 2 is 2.00 bits per heavy atom. The van der Waals surface area contributed by atoms with Gasteiger partial charge in [0.1, 0.15) is 5.82 Å². The molecule has 4 heteroatoms. The Morgan fingerprint density at radius 3 is 2.61 bits per heavy atom. The molecule has 2 aromatic heterocycles. The number of pyridine rings is 1. The molecule has 18 heavy (non-hydrogen) atoms. The minimum Gasteiger partial charge on any atom is -0.373 e. The van der Waals surface area contributed by atoms with E-state index in [0.717, 1.165) is 40.4 Å². The SMILES string of the molecule is CCc1nc(-c2cnccc2C)nc(NC)c1C. The van der Waals surface area contributed by atoms with Crippen molar-refractivity contribution in [1.82, 2.24) is 15.0 Å². The highest BCUT2D eigenvalue weighted by Crippen LogP contribution is 2.23. The van der Waals surface area contributed by atoms with Gasteiger partial charge in [0, 0.05) is 36.3 Å². The van der Waals surface area contributed by atoms with Crippen LogP contribution in [0.1, 0.15) is 23.7 Å². The summed E-state index contributed by atoms with van der Waals surface area (Å²) in [5.41, 5.74) is 4.32. The van der Waals surface area contributed by atoms with Crippen LogP contribution < -0.4 is 5.32 Å². The van der Waals surface area contributed by atoms with E-state index in [0.29, 0.717) is 0 Å². The van der Waals surface area contributed by atoms with Crippen LogP contribution in [0.15, 0.2) is 18.5 Å². The minimum absolute atomic E-state index is 0.743. The maximum absolute atomic E-state index is 4.64. The summed E-state index contributed by atoms with van der Waals surface area (Å²) in [6, 6.07) is 1.98.